The van der Waals surface area contributed by atoms with Gasteiger partial charge >= 0.3 is 0 Å². The molecule has 0 N–H and O–H groups in total. The molecule has 0 saturated carbocycles. The average molecular weight is 437 g/mol. The molecular weight excluding hydrogens is 400 g/mol. The SMILES string of the molecule is CCCCCCc1cc2c(cc1CCCCCC)c1cc(C)sc1c1sc(C)cc21. The second kappa shape index (κ2) is 9.83. The number of thiophene rings is 2. The molecule has 0 amide bonds. The van der Waals surface area contributed by atoms with Gasteiger partial charge in [0.2, 0.25) is 0 Å². The van der Waals surface area contributed by atoms with Crippen molar-refractivity contribution >= 4 is 53.6 Å². The normalized spacial score (nSPS) is 12.0. The van der Waals surface area contributed by atoms with E-state index in [0.29, 0.717) is 0 Å². The van der Waals surface area contributed by atoms with Crippen LogP contribution in [0, 0.1) is 13.8 Å². The van der Waals surface area contributed by atoms with Gasteiger partial charge in [-0.15, -0.1) is 22.7 Å². The molecule has 2 aromatic heterocycles. The summed E-state index contributed by atoms with van der Waals surface area (Å²) in [6.45, 7) is 9.13. The number of benzene rings is 2. The second-order valence-corrected chi connectivity index (χ2v) is 11.5. The minimum atomic E-state index is 1.24. The number of hydrogen-bond donors (Lipinski definition) is 0. The van der Waals surface area contributed by atoms with Crippen molar-refractivity contribution in [2.45, 2.75) is 91.9 Å². The molecule has 0 aliphatic heterocycles. The molecule has 4 rings (SSSR count). The maximum Gasteiger partial charge on any atom is 0.0530 e. The Labute approximate surface area is 190 Å². The summed E-state index contributed by atoms with van der Waals surface area (Å²) >= 11 is 3.95. The van der Waals surface area contributed by atoms with Gasteiger partial charge in [-0.3, -0.25) is 0 Å². The van der Waals surface area contributed by atoms with Crippen molar-refractivity contribution < 1.29 is 0 Å². The highest BCUT2D eigenvalue weighted by atomic mass is 32.1. The topological polar surface area (TPSA) is 0 Å². The van der Waals surface area contributed by atoms with Crippen LogP contribution in [0.4, 0.5) is 0 Å². The maximum absolute atomic E-state index is 2.58. The van der Waals surface area contributed by atoms with Gasteiger partial charge in [0.1, 0.15) is 0 Å². The van der Waals surface area contributed by atoms with E-state index in [1.54, 1.807) is 11.1 Å². The van der Waals surface area contributed by atoms with E-state index in [1.165, 1.54) is 105 Å². The standard InChI is InChI=1S/C28H36S2/c1-5-7-9-11-13-21-17-23-24(18-22(21)14-12-10-8-6-2)26-16-20(4)30-28(26)27-25(23)15-19(3)29-27/h15-18H,5-14H2,1-4H3. The van der Waals surface area contributed by atoms with E-state index in [4.69, 9.17) is 0 Å². The molecule has 2 aromatic carbocycles. The molecule has 30 heavy (non-hydrogen) atoms. The fourth-order valence-corrected chi connectivity index (χ4v) is 7.06. The molecule has 2 heteroatoms. The Kier molecular flexibility index (Phi) is 7.16. The largest absolute Gasteiger partial charge is 0.139 e. The van der Waals surface area contributed by atoms with E-state index < -0.39 is 0 Å². The summed E-state index contributed by atoms with van der Waals surface area (Å²) in [6.07, 6.45) is 13.2. The summed E-state index contributed by atoms with van der Waals surface area (Å²) in [5, 5.41) is 5.94. The fourth-order valence-electron chi connectivity index (χ4n) is 4.85. The third-order valence-corrected chi connectivity index (χ3v) is 8.70. The quantitative estimate of drug-likeness (QED) is 0.217. The Balaban J connectivity index is 1.84. The van der Waals surface area contributed by atoms with E-state index in [9.17, 15) is 0 Å². The van der Waals surface area contributed by atoms with Crippen molar-refractivity contribution in [1.82, 2.24) is 0 Å². The van der Waals surface area contributed by atoms with Crippen molar-refractivity contribution in [2.75, 3.05) is 0 Å². The van der Waals surface area contributed by atoms with Crippen LogP contribution in [0.25, 0.3) is 30.9 Å². The van der Waals surface area contributed by atoms with Crippen molar-refractivity contribution in [2.24, 2.45) is 0 Å². The third-order valence-electron chi connectivity index (χ3n) is 6.44. The van der Waals surface area contributed by atoms with Crippen LogP contribution in [-0.2, 0) is 12.8 Å². The molecule has 0 aliphatic rings. The number of rotatable bonds is 10. The van der Waals surface area contributed by atoms with E-state index >= 15 is 0 Å². The van der Waals surface area contributed by atoms with Crippen molar-refractivity contribution in [3.8, 4) is 0 Å². The molecular formula is C28H36S2. The number of aryl methyl sites for hydroxylation is 4. The molecule has 160 valence electrons. The van der Waals surface area contributed by atoms with Crippen LogP contribution in [0.1, 0.15) is 86.1 Å². The highest BCUT2D eigenvalue weighted by Gasteiger charge is 2.16. The lowest BCUT2D eigenvalue weighted by Gasteiger charge is -2.14. The first-order valence-electron chi connectivity index (χ1n) is 12.0. The molecule has 0 fully saturated rings. The van der Waals surface area contributed by atoms with Gasteiger partial charge in [-0.1, -0.05) is 64.5 Å². The van der Waals surface area contributed by atoms with Gasteiger partial charge in [-0.2, -0.15) is 0 Å². The lowest BCUT2D eigenvalue weighted by Crippen LogP contribution is -1.97. The monoisotopic (exact) mass is 436 g/mol. The molecule has 0 nitrogen and oxygen atoms in total. The molecule has 0 spiro atoms. The molecule has 0 atom stereocenters. The average Bonchev–Trinajstić information content (AvgIpc) is 3.31. The first-order valence-corrected chi connectivity index (χ1v) is 13.6. The number of hydrogen-bond acceptors (Lipinski definition) is 2. The zero-order valence-corrected chi connectivity index (χ0v) is 20.8. The predicted octanol–water partition coefficient (Wildman–Crippen LogP) is 10.1. The van der Waals surface area contributed by atoms with Crippen LogP contribution < -0.4 is 0 Å². The summed E-state index contributed by atoms with van der Waals surface area (Å²) in [6, 6.07) is 10.0. The fraction of sp³-hybridized carbons (Fsp3) is 0.500. The smallest absolute Gasteiger partial charge is 0.0530 e. The van der Waals surface area contributed by atoms with Crippen molar-refractivity contribution in [3.05, 3.63) is 45.1 Å². The summed E-state index contributed by atoms with van der Waals surface area (Å²) in [5.74, 6) is 0. The first kappa shape index (κ1) is 21.8. The van der Waals surface area contributed by atoms with Crippen LogP contribution in [0.5, 0.6) is 0 Å². The molecule has 2 heterocycles. The zero-order chi connectivity index (χ0) is 21.1. The molecule has 0 aliphatic carbocycles. The lowest BCUT2D eigenvalue weighted by molar-refractivity contribution is 0.651. The Morgan fingerprint density at radius 2 is 0.967 bits per heavy atom. The van der Waals surface area contributed by atoms with E-state index in [0.717, 1.165) is 0 Å². The van der Waals surface area contributed by atoms with Gasteiger partial charge < -0.3 is 0 Å². The van der Waals surface area contributed by atoms with Gasteiger partial charge in [-0.25, -0.2) is 0 Å². The second-order valence-electron chi connectivity index (χ2n) is 8.99. The van der Waals surface area contributed by atoms with Crippen molar-refractivity contribution in [3.63, 3.8) is 0 Å². The van der Waals surface area contributed by atoms with Crippen LogP contribution in [0.3, 0.4) is 0 Å². The van der Waals surface area contributed by atoms with Crippen LogP contribution in [-0.4, -0.2) is 0 Å². The predicted molar refractivity (Wildman–Crippen MR) is 140 cm³/mol. The minimum absolute atomic E-state index is 1.24. The maximum atomic E-state index is 2.58. The molecule has 0 bridgehead atoms. The zero-order valence-electron chi connectivity index (χ0n) is 19.2. The summed E-state index contributed by atoms with van der Waals surface area (Å²) in [7, 11) is 0. The Morgan fingerprint density at radius 3 is 1.37 bits per heavy atom. The van der Waals surface area contributed by atoms with Gasteiger partial charge in [0.25, 0.3) is 0 Å². The van der Waals surface area contributed by atoms with Gasteiger partial charge in [0.05, 0.1) is 9.40 Å². The first-order chi connectivity index (χ1) is 14.6. The van der Waals surface area contributed by atoms with E-state index in [2.05, 4.69) is 52.0 Å². The minimum Gasteiger partial charge on any atom is -0.139 e. The molecule has 0 saturated heterocycles. The third kappa shape index (κ3) is 4.46. The van der Waals surface area contributed by atoms with Crippen LogP contribution in [0.15, 0.2) is 24.3 Å². The summed E-state index contributed by atoms with van der Waals surface area (Å²) < 4.78 is 3.00. The molecule has 4 aromatic rings. The van der Waals surface area contributed by atoms with Gasteiger partial charge in [0, 0.05) is 20.5 Å². The van der Waals surface area contributed by atoms with Crippen LogP contribution >= 0.6 is 22.7 Å². The Bertz CT molecular complexity index is 1050. The lowest BCUT2D eigenvalue weighted by atomic mass is 9.91. The highest BCUT2D eigenvalue weighted by molar-refractivity contribution is 7.27. The Morgan fingerprint density at radius 1 is 0.533 bits per heavy atom. The van der Waals surface area contributed by atoms with Gasteiger partial charge in [0.15, 0.2) is 0 Å². The summed E-state index contributed by atoms with van der Waals surface area (Å²) in [5.41, 5.74) is 3.23. The Hall–Kier alpha value is -1.38. The van der Waals surface area contributed by atoms with E-state index in [1.807, 2.05) is 22.7 Å². The van der Waals surface area contributed by atoms with Crippen LogP contribution in [0.2, 0.25) is 0 Å². The summed E-state index contributed by atoms with van der Waals surface area (Å²) in [4.78, 5) is 2.86. The van der Waals surface area contributed by atoms with Crippen molar-refractivity contribution in [1.29, 1.82) is 0 Å². The highest BCUT2D eigenvalue weighted by Crippen LogP contribution is 2.44. The van der Waals surface area contributed by atoms with E-state index in [-0.39, 0.29) is 0 Å². The molecule has 0 unspecified atom stereocenters. The molecule has 0 radical (unpaired) electrons. The van der Waals surface area contributed by atoms with Gasteiger partial charge in [-0.05, 0) is 73.6 Å². The number of fused-ring (bicyclic) bond motifs is 6. The number of unbranched alkanes of at least 4 members (excludes halogenated alkanes) is 6.